The summed E-state index contributed by atoms with van der Waals surface area (Å²) in [6.07, 6.45) is -9.48. The number of hydrogen-bond donors (Lipinski definition) is 8. The lowest BCUT2D eigenvalue weighted by molar-refractivity contribution is -0.341. The molecule has 2 fully saturated rings. The molecule has 4 aliphatic rings. The first kappa shape index (κ1) is 35.2. The van der Waals surface area contributed by atoms with Crippen molar-refractivity contribution < 1.29 is 78.8 Å². The maximum absolute atomic E-state index is 12.7. The fourth-order valence-electron chi connectivity index (χ4n) is 6.02. The number of fused-ring (bicyclic) bond motifs is 1. The predicted molar refractivity (Wildman–Crippen MR) is 156 cm³/mol. The van der Waals surface area contributed by atoms with Crippen LogP contribution in [-0.4, -0.2) is 141 Å². The molecular formula is C31H40O16. The monoisotopic (exact) mass is 668 g/mol. The largest absolute Gasteiger partial charge is 0.504 e. The van der Waals surface area contributed by atoms with Crippen LogP contribution in [0.5, 0.6) is 11.5 Å². The Morgan fingerprint density at radius 2 is 1.68 bits per heavy atom. The molecule has 0 saturated carbocycles. The highest BCUT2D eigenvalue weighted by Gasteiger charge is 2.52. The number of rotatable bonds is 10. The summed E-state index contributed by atoms with van der Waals surface area (Å²) >= 11 is 0. The molecule has 47 heavy (non-hydrogen) atoms. The average Bonchev–Trinajstić information content (AvgIpc) is 3.43. The molecule has 0 bridgehead atoms. The summed E-state index contributed by atoms with van der Waals surface area (Å²) in [6, 6.07) is 4.43. The summed E-state index contributed by atoms with van der Waals surface area (Å²) in [4.78, 5) is 12.7. The molecule has 1 aromatic rings. The van der Waals surface area contributed by atoms with Crippen molar-refractivity contribution in [2.75, 3.05) is 20.3 Å². The molecule has 2 saturated heterocycles. The molecule has 5 rings (SSSR count). The van der Waals surface area contributed by atoms with Crippen LogP contribution in [0.25, 0.3) is 6.08 Å². The van der Waals surface area contributed by atoms with Crippen molar-refractivity contribution in [2.24, 2.45) is 11.8 Å². The van der Waals surface area contributed by atoms with Gasteiger partial charge in [-0.25, -0.2) is 4.79 Å². The van der Waals surface area contributed by atoms with Crippen molar-refractivity contribution in [1.82, 2.24) is 0 Å². The van der Waals surface area contributed by atoms with E-state index in [2.05, 4.69) is 0 Å². The molecule has 16 heteroatoms. The molecule has 1 aromatic carbocycles. The third kappa shape index (κ3) is 7.33. The maximum Gasteiger partial charge on any atom is 0.331 e. The van der Waals surface area contributed by atoms with Gasteiger partial charge >= 0.3 is 5.97 Å². The smallest absolute Gasteiger partial charge is 0.331 e. The SMILES string of the molecule is COc1cc(/C=C/C(=O)O[C@@H]2[C@@H](O)[C@H](C)O[C@@H](O[C@@H]3C=C(CO)[C@H]4[C@H](O[C@@H]5O[C@H](CO)[C@@H](O)[C@H](O)[C@H]5O)OC=C[C@H]43)[C@@H]2O)ccc1O. The van der Waals surface area contributed by atoms with E-state index in [1.807, 2.05) is 0 Å². The molecule has 16 nitrogen and oxygen atoms in total. The zero-order valence-corrected chi connectivity index (χ0v) is 25.5. The standard InChI is InChI=1S/C31H40O16/c1-13-23(36)28(46-21(35)6-4-14-3-5-17(34)19(9-14)41-2)27(40)31(43-13)44-18-10-15(11-32)22-16(18)7-8-42-29(22)47-30-26(39)25(38)24(37)20(12-33)45-30/h3-10,13,16,18,20,22-34,36-40H,11-12H2,1-2H3/b6-4+/t13-,16-,18+,20+,22+,23-,24+,25-,26+,27+,28+,29-,30-,31-/m0/s1. The lowest BCUT2D eigenvalue weighted by Gasteiger charge is -2.43. The van der Waals surface area contributed by atoms with Crippen molar-refractivity contribution in [3.63, 3.8) is 0 Å². The Balaban J connectivity index is 1.26. The van der Waals surface area contributed by atoms with Crippen molar-refractivity contribution in [2.45, 2.75) is 80.7 Å². The normalized spacial score (nSPS) is 40.1. The molecule has 14 atom stereocenters. The van der Waals surface area contributed by atoms with Crippen LogP contribution < -0.4 is 4.74 Å². The minimum atomic E-state index is -1.69. The van der Waals surface area contributed by atoms with E-state index >= 15 is 0 Å². The molecule has 0 aromatic heterocycles. The Bertz CT molecular complexity index is 1330. The average molecular weight is 669 g/mol. The Morgan fingerprint density at radius 1 is 0.936 bits per heavy atom. The second kappa shape index (κ2) is 15.0. The Hall–Kier alpha value is -3.13. The highest BCUT2D eigenvalue weighted by Crippen LogP contribution is 2.43. The summed E-state index contributed by atoms with van der Waals surface area (Å²) < 4.78 is 39.2. The van der Waals surface area contributed by atoms with Gasteiger partial charge in [0.25, 0.3) is 0 Å². The topological polar surface area (TPSA) is 244 Å². The number of benzene rings is 1. The summed E-state index contributed by atoms with van der Waals surface area (Å²) in [5.74, 6) is -2.03. The van der Waals surface area contributed by atoms with E-state index < -0.39 is 105 Å². The quantitative estimate of drug-likeness (QED) is 0.0766. The molecule has 3 heterocycles. The van der Waals surface area contributed by atoms with Gasteiger partial charge in [-0.3, -0.25) is 0 Å². The van der Waals surface area contributed by atoms with Crippen LogP contribution >= 0.6 is 0 Å². The van der Waals surface area contributed by atoms with Gasteiger partial charge in [-0.05, 0) is 42.3 Å². The molecule has 1 aliphatic carbocycles. The highest BCUT2D eigenvalue weighted by atomic mass is 16.8. The first-order valence-corrected chi connectivity index (χ1v) is 15.0. The third-order valence-electron chi connectivity index (χ3n) is 8.65. The van der Waals surface area contributed by atoms with Crippen molar-refractivity contribution in [1.29, 1.82) is 0 Å². The molecular weight excluding hydrogens is 628 g/mol. The van der Waals surface area contributed by atoms with E-state index in [0.29, 0.717) is 11.1 Å². The number of hydrogen-bond acceptors (Lipinski definition) is 16. The summed E-state index contributed by atoms with van der Waals surface area (Å²) in [5, 5.41) is 82.0. The fraction of sp³-hybridized carbons (Fsp3) is 0.581. The summed E-state index contributed by atoms with van der Waals surface area (Å²) in [7, 11) is 1.38. The van der Waals surface area contributed by atoms with E-state index in [1.54, 1.807) is 18.2 Å². The number of ether oxygens (including phenoxy) is 7. The molecule has 0 amide bonds. The minimum Gasteiger partial charge on any atom is -0.504 e. The molecule has 0 spiro atoms. The van der Waals surface area contributed by atoms with Crippen molar-refractivity contribution >= 4 is 12.0 Å². The Morgan fingerprint density at radius 3 is 2.38 bits per heavy atom. The minimum absolute atomic E-state index is 0.0802. The van der Waals surface area contributed by atoms with Gasteiger partial charge in [-0.1, -0.05) is 12.1 Å². The van der Waals surface area contributed by atoms with Gasteiger partial charge in [-0.15, -0.1) is 0 Å². The van der Waals surface area contributed by atoms with Crippen molar-refractivity contribution in [3.05, 3.63) is 53.8 Å². The van der Waals surface area contributed by atoms with Gasteiger partial charge in [0.2, 0.25) is 6.29 Å². The van der Waals surface area contributed by atoms with Gasteiger partial charge in [0.05, 0.1) is 44.7 Å². The van der Waals surface area contributed by atoms with E-state index in [0.717, 1.165) is 6.08 Å². The summed E-state index contributed by atoms with van der Waals surface area (Å²) in [6.45, 7) is 0.407. The van der Waals surface area contributed by atoms with E-state index in [9.17, 15) is 45.6 Å². The Labute approximate surface area is 269 Å². The zero-order chi connectivity index (χ0) is 34.0. The van der Waals surface area contributed by atoms with E-state index in [4.69, 9.17) is 33.2 Å². The number of methoxy groups -OCH3 is 1. The third-order valence-corrected chi connectivity index (χ3v) is 8.65. The van der Waals surface area contributed by atoms with Gasteiger partial charge in [0.1, 0.15) is 36.6 Å². The highest BCUT2D eigenvalue weighted by molar-refractivity contribution is 5.87. The molecule has 0 unspecified atom stereocenters. The van der Waals surface area contributed by atoms with Crippen LogP contribution in [0.3, 0.4) is 0 Å². The van der Waals surface area contributed by atoms with Crippen molar-refractivity contribution in [3.8, 4) is 11.5 Å². The van der Waals surface area contributed by atoms with Crippen LogP contribution in [0.4, 0.5) is 0 Å². The van der Waals surface area contributed by atoms with Crippen LogP contribution in [0.2, 0.25) is 0 Å². The lowest BCUT2D eigenvalue weighted by Crippen LogP contribution is -2.60. The zero-order valence-electron chi connectivity index (χ0n) is 25.5. The fourth-order valence-corrected chi connectivity index (χ4v) is 6.02. The van der Waals surface area contributed by atoms with Crippen LogP contribution in [0.1, 0.15) is 12.5 Å². The van der Waals surface area contributed by atoms with Crippen LogP contribution in [-0.2, 0) is 33.2 Å². The number of aliphatic hydroxyl groups excluding tert-OH is 7. The number of esters is 1. The first-order valence-electron chi connectivity index (χ1n) is 15.0. The number of carbonyl (C=O) groups excluding carboxylic acids is 1. The number of phenolic OH excluding ortho intramolecular Hbond substituents is 1. The number of aromatic hydroxyl groups is 1. The van der Waals surface area contributed by atoms with Crippen LogP contribution in [0, 0.1) is 11.8 Å². The second-order valence-corrected chi connectivity index (χ2v) is 11.6. The maximum atomic E-state index is 12.7. The lowest BCUT2D eigenvalue weighted by atomic mass is 9.88. The van der Waals surface area contributed by atoms with Gasteiger partial charge < -0.3 is 74.0 Å². The molecule has 260 valence electrons. The number of aliphatic hydroxyl groups is 7. The van der Waals surface area contributed by atoms with Crippen LogP contribution in [0.15, 0.2) is 48.3 Å². The summed E-state index contributed by atoms with van der Waals surface area (Å²) in [5.41, 5.74) is 0.927. The van der Waals surface area contributed by atoms with Gasteiger partial charge in [0.15, 0.2) is 30.2 Å². The van der Waals surface area contributed by atoms with E-state index in [1.165, 1.54) is 38.5 Å². The second-order valence-electron chi connectivity index (χ2n) is 11.6. The van der Waals surface area contributed by atoms with Gasteiger partial charge in [-0.2, -0.15) is 0 Å². The number of phenols is 1. The number of carbonyl (C=O) groups is 1. The first-order chi connectivity index (χ1) is 22.5. The van der Waals surface area contributed by atoms with Gasteiger partial charge in [0, 0.05) is 12.0 Å². The predicted octanol–water partition coefficient (Wildman–Crippen LogP) is -1.97. The molecule has 0 radical (unpaired) electrons. The molecule has 8 N–H and O–H groups in total. The molecule has 3 aliphatic heterocycles. The van der Waals surface area contributed by atoms with E-state index in [-0.39, 0.29) is 11.5 Å². The Kier molecular flexibility index (Phi) is 11.2.